The highest BCUT2D eigenvalue weighted by Gasteiger charge is 2.42. The Labute approximate surface area is 93.8 Å². The zero-order valence-electron chi connectivity index (χ0n) is 8.30. The molecule has 2 rings (SSSR count). The third-order valence-corrected chi connectivity index (χ3v) is 3.70. The monoisotopic (exact) mass is 253 g/mol. The van der Waals surface area contributed by atoms with Gasteiger partial charge in [-0.1, -0.05) is 28.1 Å². The smallest absolute Gasteiger partial charge is 0.0175 e. The van der Waals surface area contributed by atoms with Crippen LogP contribution in [-0.2, 0) is 5.41 Å². The highest BCUT2D eigenvalue weighted by atomic mass is 79.9. The van der Waals surface area contributed by atoms with Gasteiger partial charge in [-0.3, -0.25) is 0 Å². The van der Waals surface area contributed by atoms with Gasteiger partial charge in [0.25, 0.3) is 0 Å². The molecule has 0 amide bonds. The average Bonchev–Trinajstić information content (AvgIpc) is 2.97. The van der Waals surface area contributed by atoms with Crippen LogP contribution in [0.2, 0.25) is 0 Å². The van der Waals surface area contributed by atoms with Gasteiger partial charge in [0.2, 0.25) is 0 Å². The van der Waals surface area contributed by atoms with Gasteiger partial charge in [-0.25, -0.2) is 0 Å². The molecule has 0 bridgehead atoms. The molecule has 1 aromatic rings. The van der Waals surface area contributed by atoms with Crippen LogP contribution >= 0.6 is 15.9 Å². The van der Waals surface area contributed by atoms with Crippen molar-refractivity contribution in [1.82, 2.24) is 0 Å². The fourth-order valence-electron chi connectivity index (χ4n) is 2.08. The van der Waals surface area contributed by atoms with E-state index in [4.69, 9.17) is 5.73 Å². The van der Waals surface area contributed by atoms with Gasteiger partial charge in [-0.2, -0.15) is 0 Å². The van der Waals surface area contributed by atoms with Gasteiger partial charge in [0.1, 0.15) is 0 Å². The molecule has 0 saturated heterocycles. The quantitative estimate of drug-likeness (QED) is 0.877. The molecule has 0 radical (unpaired) electrons. The lowest BCUT2D eigenvalue weighted by Crippen LogP contribution is -2.09. The molecule has 1 fully saturated rings. The van der Waals surface area contributed by atoms with Gasteiger partial charge >= 0.3 is 0 Å². The van der Waals surface area contributed by atoms with Crippen molar-refractivity contribution < 1.29 is 0 Å². The second kappa shape index (κ2) is 4.03. The summed E-state index contributed by atoms with van der Waals surface area (Å²) in [5.74, 6) is 0. The van der Waals surface area contributed by atoms with E-state index in [1.165, 1.54) is 24.8 Å². The van der Waals surface area contributed by atoms with Crippen molar-refractivity contribution in [2.24, 2.45) is 5.73 Å². The third kappa shape index (κ3) is 2.01. The molecule has 0 heterocycles. The van der Waals surface area contributed by atoms with Crippen molar-refractivity contribution in [2.75, 3.05) is 6.54 Å². The molecule has 1 aliphatic carbocycles. The number of nitrogens with two attached hydrogens (primary N) is 1. The Morgan fingerprint density at radius 2 is 1.86 bits per heavy atom. The van der Waals surface area contributed by atoms with Crippen LogP contribution in [0.15, 0.2) is 28.7 Å². The topological polar surface area (TPSA) is 26.0 Å². The molecule has 0 spiro atoms. The predicted molar refractivity (Wildman–Crippen MR) is 63.3 cm³/mol. The standard InChI is InChI=1S/C12H16BrN/c13-11-4-2-10(3-5-11)12(7-8-12)6-1-9-14/h2-5H,1,6-9,14H2. The summed E-state index contributed by atoms with van der Waals surface area (Å²) in [5, 5.41) is 0. The fraction of sp³-hybridized carbons (Fsp3) is 0.500. The number of halogens is 1. The molecule has 0 unspecified atom stereocenters. The van der Waals surface area contributed by atoms with Gasteiger partial charge in [0, 0.05) is 4.47 Å². The van der Waals surface area contributed by atoms with Gasteiger partial charge in [-0.15, -0.1) is 0 Å². The van der Waals surface area contributed by atoms with Crippen LogP contribution in [-0.4, -0.2) is 6.54 Å². The first-order valence-corrected chi connectivity index (χ1v) is 6.02. The molecule has 2 heteroatoms. The van der Waals surface area contributed by atoms with E-state index in [1.54, 1.807) is 0 Å². The highest BCUT2D eigenvalue weighted by Crippen LogP contribution is 2.51. The molecule has 1 saturated carbocycles. The second-order valence-electron chi connectivity index (χ2n) is 4.18. The van der Waals surface area contributed by atoms with Crippen LogP contribution in [0.4, 0.5) is 0 Å². The maximum Gasteiger partial charge on any atom is 0.0175 e. The minimum Gasteiger partial charge on any atom is -0.330 e. The Kier molecular flexibility index (Phi) is 2.93. The Hall–Kier alpha value is -0.340. The van der Waals surface area contributed by atoms with E-state index < -0.39 is 0 Å². The van der Waals surface area contributed by atoms with Crippen molar-refractivity contribution in [3.8, 4) is 0 Å². The lowest BCUT2D eigenvalue weighted by atomic mass is 9.91. The molecule has 1 aliphatic rings. The number of benzene rings is 1. The number of rotatable bonds is 4. The Balaban J connectivity index is 2.10. The molecule has 76 valence electrons. The lowest BCUT2D eigenvalue weighted by Gasteiger charge is -2.14. The minimum absolute atomic E-state index is 0.486. The van der Waals surface area contributed by atoms with E-state index in [2.05, 4.69) is 40.2 Å². The van der Waals surface area contributed by atoms with Gasteiger partial charge < -0.3 is 5.73 Å². The zero-order chi connectivity index (χ0) is 10.0. The summed E-state index contributed by atoms with van der Waals surface area (Å²) in [6.07, 6.45) is 5.09. The molecular formula is C12H16BrN. The van der Waals surface area contributed by atoms with Crippen LogP contribution in [0.3, 0.4) is 0 Å². The van der Waals surface area contributed by atoms with E-state index >= 15 is 0 Å². The number of hydrogen-bond donors (Lipinski definition) is 1. The Morgan fingerprint density at radius 3 is 2.36 bits per heavy atom. The highest BCUT2D eigenvalue weighted by molar-refractivity contribution is 9.10. The summed E-state index contributed by atoms with van der Waals surface area (Å²) in [4.78, 5) is 0. The first-order valence-electron chi connectivity index (χ1n) is 5.23. The van der Waals surface area contributed by atoms with Crippen LogP contribution in [0.5, 0.6) is 0 Å². The van der Waals surface area contributed by atoms with Crippen LogP contribution in [0.25, 0.3) is 0 Å². The molecule has 0 aromatic heterocycles. The Bertz CT molecular complexity index is 301. The largest absolute Gasteiger partial charge is 0.330 e. The van der Waals surface area contributed by atoms with E-state index in [0.29, 0.717) is 5.41 Å². The molecule has 1 nitrogen and oxygen atoms in total. The van der Waals surface area contributed by atoms with Crippen LogP contribution in [0.1, 0.15) is 31.2 Å². The molecule has 2 N–H and O–H groups in total. The van der Waals surface area contributed by atoms with Gasteiger partial charge in [-0.05, 0) is 55.3 Å². The lowest BCUT2D eigenvalue weighted by molar-refractivity contribution is 0.588. The summed E-state index contributed by atoms with van der Waals surface area (Å²) >= 11 is 3.47. The minimum atomic E-state index is 0.486. The molecule has 14 heavy (non-hydrogen) atoms. The maximum atomic E-state index is 5.56. The summed E-state index contributed by atoms with van der Waals surface area (Å²) in [6.45, 7) is 0.818. The van der Waals surface area contributed by atoms with Gasteiger partial charge in [0.15, 0.2) is 0 Å². The fourth-order valence-corrected chi connectivity index (χ4v) is 2.34. The SMILES string of the molecule is NCCCC1(c2ccc(Br)cc2)CC1. The third-order valence-electron chi connectivity index (χ3n) is 3.17. The molecule has 0 atom stereocenters. The van der Waals surface area contributed by atoms with Crippen molar-refractivity contribution in [3.63, 3.8) is 0 Å². The van der Waals surface area contributed by atoms with Crippen LogP contribution < -0.4 is 5.73 Å². The second-order valence-corrected chi connectivity index (χ2v) is 5.10. The van der Waals surface area contributed by atoms with Crippen molar-refractivity contribution in [2.45, 2.75) is 31.1 Å². The normalized spacial score (nSPS) is 18.1. The summed E-state index contributed by atoms with van der Waals surface area (Å²) in [6, 6.07) is 8.76. The van der Waals surface area contributed by atoms with E-state index in [0.717, 1.165) is 17.4 Å². The molecular weight excluding hydrogens is 238 g/mol. The maximum absolute atomic E-state index is 5.56. The number of hydrogen-bond acceptors (Lipinski definition) is 1. The average molecular weight is 254 g/mol. The van der Waals surface area contributed by atoms with Crippen LogP contribution in [0, 0.1) is 0 Å². The first-order chi connectivity index (χ1) is 6.77. The first kappa shape index (κ1) is 10.2. The zero-order valence-corrected chi connectivity index (χ0v) is 9.89. The van der Waals surface area contributed by atoms with E-state index in [1.807, 2.05) is 0 Å². The Morgan fingerprint density at radius 1 is 1.21 bits per heavy atom. The van der Waals surface area contributed by atoms with Crippen molar-refractivity contribution >= 4 is 15.9 Å². The van der Waals surface area contributed by atoms with E-state index in [9.17, 15) is 0 Å². The van der Waals surface area contributed by atoms with Gasteiger partial charge in [0.05, 0.1) is 0 Å². The van der Waals surface area contributed by atoms with Crippen molar-refractivity contribution in [3.05, 3.63) is 34.3 Å². The molecule has 1 aromatic carbocycles. The van der Waals surface area contributed by atoms with Crippen molar-refractivity contribution in [1.29, 1.82) is 0 Å². The summed E-state index contributed by atoms with van der Waals surface area (Å²) in [5.41, 5.74) is 7.54. The molecule has 0 aliphatic heterocycles. The predicted octanol–water partition coefficient (Wildman–Crippen LogP) is 3.22. The van der Waals surface area contributed by atoms with E-state index in [-0.39, 0.29) is 0 Å². The summed E-state index contributed by atoms with van der Waals surface area (Å²) in [7, 11) is 0. The summed E-state index contributed by atoms with van der Waals surface area (Å²) < 4.78 is 1.16.